The maximum Gasteiger partial charge on any atom is 0.324 e. The van der Waals surface area contributed by atoms with E-state index in [0.717, 1.165) is 12.8 Å². The summed E-state index contributed by atoms with van der Waals surface area (Å²) in [5, 5.41) is 5.32. The molecule has 0 aromatic rings. The molecule has 1 saturated heterocycles. The molecule has 6 heteroatoms. The van der Waals surface area contributed by atoms with Gasteiger partial charge in [-0.25, -0.2) is 4.79 Å². The molecule has 0 radical (unpaired) electrons. The van der Waals surface area contributed by atoms with Crippen molar-refractivity contribution in [2.75, 3.05) is 19.6 Å². The van der Waals surface area contributed by atoms with Crippen molar-refractivity contribution >= 4 is 17.8 Å². The number of nitrogens with zero attached hydrogens (tertiary/aromatic N) is 1. The number of urea groups is 1. The van der Waals surface area contributed by atoms with Crippen LogP contribution < -0.4 is 10.6 Å². The normalized spacial score (nSPS) is 19.9. The zero-order valence-electron chi connectivity index (χ0n) is 11.1. The molecule has 106 valence electrons. The Morgan fingerprint density at radius 3 is 2.68 bits per heavy atom. The van der Waals surface area contributed by atoms with Crippen molar-refractivity contribution in [1.82, 2.24) is 15.5 Å². The van der Waals surface area contributed by atoms with Gasteiger partial charge in [0, 0.05) is 19.5 Å². The lowest BCUT2D eigenvalue weighted by Crippen LogP contribution is -2.34. The first kappa shape index (κ1) is 13.8. The number of hydrogen-bond donors (Lipinski definition) is 2. The topological polar surface area (TPSA) is 78.5 Å². The molecule has 1 heterocycles. The van der Waals surface area contributed by atoms with E-state index in [4.69, 9.17) is 0 Å². The van der Waals surface area contributed by atoms with Gasteiger partial charge in [0.2, 0.25) is 11.8 Å². The molecule has 0 bridgehead atoms. The number of imide groups is 1. The SMILES string of the molecule is O=C(CC1CCCC1)NCCCN1C(=O)CNC1=O. The van der Waals surface area contributed by atoms with Gasteiger partial charge in [0.25, 0.3) is 0 Å². The molecule has 2 rings (SSSR count). The minimum atomic E-state index is -0.331. The molecule has 1 aliphatic heterocycles. The predicted octanol–water partition coefficient (Wildman–Crippen LogP) is 0.625. The van der Waals surface area contributed by atoms with Crippen LogP contribution >= 0.6 is 0 Å². The van der Waals surface area contributed by atoms with Gasteiger partial charge < -0.3 is 10.6 Å². The van der Waals surface area contributed by atoms with E-state index in [0.29, 0.717) is 31.8 Å². The van der Waals surface area contributed by atoms with E-state index in [1.165, 1.54) is 17.7 Å². The average molecular weight is 267 g/mol. The molecule has 0 spiro atoms. The minimum absolute atomic E-state index is 0.0871. The quantitative estimate of drug-likeness (QED) is 0.547. The molecule has 0 atom stereocenters. The van der Waals surface area contributed by atoms with Crippen LogP contribution in [0.2, 0.25) is 0 Å². The first-order valence-electron chi connectivity index (χ1n) is 7.01. The van der Waals surface area contributed by atoms with E-state index in [-0.39, 0.29) is 24.4 Å². The molecule has 0 unspecified atom stereocenters. The Labute approximate surface area is 112 Å². The number of rotatable bonds is 6. The second kappa shape index (κ2) is 6.54. The number of hydrogen-bond acceptors (Lipinski definition) is 3. The first-order chi connectivity index (χ1) is 9.16. The monoisotopic (exact) mass is 267 g/mol. The van der Waals surface area contributed by atoms with Crippen molar-refractivity contribution in [3.8, 4) is 0 Å². The van der Waals surface area contributed by atoms with E-state index in [1.807, 2.05) is 0 Å². The molecular formula is C13H21N3O3. The number of nitrogens with one attached hydrogen (secondary N) is 2. The molecule has 19 heavy (non-hydrogen) atoms. The van der Waals surface area contributed by atoms with Gasteiger partial charge in [-0.05, 0) is 25.2 Å². The summed E-state index contributed by atoms with van der Waals surface area (Å²) in [6.07, 6.45) is 6.03. The summed E-state index contributed by atoms with van der Waals surface area (Å²) in [6.45, 7) is 0.976. The van der Waals surface area contributed by atoms with E-state index in [9.17, 15) is 14.4 Å². The van der Waals surface area contributed by atoms with E-state index < -0.39 is 0 Å². The zero-order chi connectivity index (χ0) is 13.7. The summed E-state index contributed by atoms with van der Waals surface area (Å²) in [5.41, 5.74) is 0. The molecule has 6 nitrogen and oxygen atoms in total. The third kappa shape index (κ3) is 3.94. The highest BCUT2D eigenvalue weighted by atomic mass is 16.2. The smallest absolute Gasteiger partial charge is 0.324 e. The van der Waals surface area contributed by atoms with Crippen LogP contribution in [0.25, 0.3) is 0 Å². The molecule has 2 aliphatic rings. The molecule has 0 aromatic carbocycles. The second-order valence-corrected chi connectivity index (χ2v) is 5.26. The van der Waals surface area contributed by atoms with Crippen LogP contribution in [0.4, 0.5) is 4.79 Å². The number of carbonyl (C=O) groups excluding carboxylic acids is 3. The highest BCUT2D eigenvalue weighted by molar-refractivity contribution is 6.01. The van der Waals surface area contributed by atoms with Crippen molar-refractivity contribution < 1.29 is 14.4 Å². The van der Waals surface area contributed by atoms with Gasteiger partial charge in [-0.15, -0.1) is 0 Å². The van der Waals surface area contributed by atoms with Gasteiger partial charge in [0.15, 0.2) is 0 Å². The Hall–Kier alpha value is -1.59. The Balaban J connectivity index is 1.57. The highest BCUT2D eigenvalue weighted by Gasteiger charge is 2.27. The number of carbonyl (C=O) groups is 3. The van der Waals surface area contributed by atoms with Crippen molar-refractivity contribution in [1.29, 1.82) is 0 Å². The summed E-state index contributed by atoms with van der Waals surface area (Å²) >= 11 is 0. The van der Waals surface area contributed by atoms with Crippen LogP contribution in [0.1, 0.15) is 38.5 Å². The van der Waals surface area contributed by atoms with Gasteiger partial charge >= 0.3 is 6.03 Å². The fraction of sp³-hybridized carbons (Fsp3) is 0.769. The van der Waals surface area contributed by atoms with E-state index in [1.54, 1.807) is 0 Å². The average Bonchev–Trinajstić information content (AvgIpc) is 2.98. The van der Waals surface area contributed by atoms with Crippen molar-refractivity contribution in [2.45, 2.75) is 38.5 Å². The van der Waals surface area contributed by atoms with Gasteiger partial charge in [-0.1, -0.05) is 12.8 Å². The molecule has 0 aromatic heterocycles. The summed E-state index contributed by atoms with van der Waals surface area (Å²) in [4.78, 5) is 35.4. The lowest BCUT2D eigenvalue weighted by atomic mass is 10.0. The van der Waals surface area contributed by atoms with Crippen LogP contribution in [0.5, 0.6) is 0 Å². The van der Waals surface area contributed by atoms with Gasteiger partial charge in [-0.2, -0.15) is 0 Å². The first-order valence-corrected chi connectivity index (χ1v) is 7.01. The lowest BCUT2D eigenvalue weighted by molar-refractivity contribution is -0.125. The fourth-order valence-electron chi connectivity index (χ4n) is 2.70. The Morgan fingerprint density at radius 1 is 1.32 bits per heavy atom. The lowest BCUT2D eigenvalue weighted by Gasteiger charge is -2.13. The standard InChI is InChI=1S/C13H21N3O3/c17-11(8-10-4-1-2-5-10)14-6-3-7-16-12(18)9-15-13(16)19/h10H,1-9H2,(H,14,17)(H,15,19). The molecule has 2 N–H and O–H groups in total. The molecule has 1 aliphatic carbocycles. The zero-order valence-corrected chi connectivity index (χ0v) is 11.1. The third-order valence-electron chi connectivity index (χ3n) is 3.77. The molecule has 4 amide bonds. The molecule has 2 fully saturated rings. The van der Waals surface area contributed by atoms with Crippen molar-refractivity contribution in [3.63, 3.8) is 0 Å². The third-order valence-corrected chi connectivity index (χ3v) is 3.77. The Kier molecular flexibility index (Phi) is 4.76. The Morgan fingerprint density at radius 2 is 2.05 bits per heavy atom. The van der Waals surface area contributed by atoms with Crippen LogP contribution in [0, 0.1) is 5.92 Å². The maximum atomic E-state index is 11.7. The fourth-order valence-corrected chi connectivity index (χ4v) is 2.70. The second-order valence-electron chi connectivity index (χ2n) is 5.26. The van der Waals surface area contributed by atoms with Crippen LogP contribution in [-0.2, 0) is 9.59 Å². The van der Waals surface area contributed by atoms with Gasteiger partial charge in [0.05, 0.1) is 6.54 Å². The predicted molar refractivity (Wildman–Crippen MR) is 69.3 cm³/mol. The largest absolute Gasteiger partial charge is 0.356 e. The van der Waals surface area contributed by atoms with Crippen LogP contribution in [0.15, 0.2) is 0 Å². The van der Waals surface area contributed by atoms with E-state index >= 15 is 0 Å². The highest BCUT2D eigenvalue weighted by Crippen LogP contribution is 2.27. The number of amides is 4. The van der Waals surface area contributed by atoms with Crippen molar-refractivity contribution in [3.05, 3.63) is 0 Å². The minimum Gasteiger partial charge on any atom is -0.356 e. The summed E-state index contributed by atoms with van der Waals surface area (Å²) in [5.74, 6) is 0.442. The van der Waals surface area contributed by atoms with E-state index in [2.05, 4.69) is 10.6 Å². The summed E-state index contributed by atoms with van der Waals surface area (Å²) in [7, 11) is 0. The van der Waals surface area contributed by atoms with Crippen molar-refractivity contribution in [2.24, 2.45) is 5.92 Å². The van der Waals surface area contributed by atoms with Gasteiger partial charge in [-0.3, -0.25) is 14.5 Å². The summed E-state index contributed by atoms with van der Waals surface area (Å²) in [6, 6.07) is -0.331. The molecular weight excluding hydrogens is 246 g/mol. The van der Waals surface area contributed by atoms with Crippen LogP contribution in [-0.4, -0.2) is 42.4 Å². The maximum absolute atomic E-state index is 11.7. The summed E-state index contributed by atoms with van der Waals surface area (Å²) < 4.78 is 0. The Bertz CT molecular complexity index is 348. The molecule has 1 saturated carbocycles. The van der Waals surface area contributed by atoms with Crippen LogP contribution in [0.3, 0.4) is 0 Å². The van der Waals surface area contributed by atoms with Gasteiger partial charge in [0.1, 0.15) is 0 Å².